The molecule has 6 nitrogen and oxygen atoms in total. The van der Waals surface area contributed by atoms with E-state index < -0.39 is 5.97 Å². The third-order valence-corrected chi connectivity index (χ3v) is 3.56. The van der Waals surface area contributed by atoms with E-state index in [4.69, 9.17) is 18.7 Å². The van der Waals surface area contributed by atoms with Gasteiger partial charge >= 0.3 is 5.97 Å². The molecule has 0 spiro atoms. The van der Waals surface area contributed by atoms with Crippen molar-refractivity contribution in [2.24, 2.45) is 0 Å². The van der Waals surface area contributed by atoms with Crippen molar-refractivity contribution < 1.29 is 23.5 Å². The van der Waals surface area contributed by atoms with Crippen molar-refractivity contribution in [2.45, 2.75) is 6.42 Å². The van der Waals surface area contributed by atoms with Crippen LogP contribution in [0, 0.1) is 0 Å². The Kier molecular flexibility index (Phi) is 4.77. The van der Waals surface area contributed by atoms with E-state index in [1.807, 2.05) is 30.3 Å². The molecule has 124 valence electrons. The van der Waals surface area contributed by atoms with E-state index >= 15 is 0 Å². The number of hydrogen-bond acceptors (Lipinski definition) is 6. The molecule has 0 saturated heterocycles. The van der Waals surface area contributed by atoms with E-state index in [9.17, 15) is 4.79 Å². The maximum Gasteiger partial charge on any atom is 0.337 e. The first kappa shape index (κ1) is 16.0. The Hall–Kier alpha value is -2.86. The largest absolute Gasteiger partial charge is 0.496 e. The zero-order valence-corrected chi connectivity index (χ0v) is 13.4. The van der Waals surface area contributed by atoms with Gasteiger partial charge in [0.1, 0.15) is 18.1 Å². The lowest BCUT2D eigenvalue weighted by Crippen LogP contribution is -2.13. The fourth-order valence-electron chi connectivity index (χ4n) is 2.47. The monoisotopic (exact) mass is 327 g/mol. The van der Waals surface area contributed by atoms with Crippen LogP contribution in [0.25, 0.3) is 11.0 Å². The highest BCUT2D eigenvalue weighted by Crippen LogP contribution is 2.27. The lowest BCUT2D eigenvalue weighted by Gasteiger charge is -2.06. The van der Waals surface area contributed by atoms with Crippen LogP contribution in [0.3, 0.4) is 0 Å². The van der Waals surface area contributed by atoms with Crippen molar-refractivity contribution in [3.05, 3.63) is 53.7 Å². The predicted molar refractivity (Wildman–Crippen MR) is 87.3 cm³/mol. The van der Waals surface area contributed by atoms with Crippen molar-refractivity contribution in [1.29, 1.82) is 0 Å². The third kappa shape index (κ3) is 3.38. The minimum absolute atomic E-state index is 0.104. The summed E-state index contributed by atoms with van der Waals surface area (Å²) in [6.07, 6.45) is 0.583. The zero-order valence-electron chi connectivity index (χ0n) is 13.4. The Morgan fingerprint density at radius 1 is 1.17 bits per heavy atom. The van der Waals surface area contributed by atoms with Crippen LogP contribution in [0.4, 0.5) is 0 Å². The molecule has 24 heavy (non-hydrogen) atoms. The number of hydrogen-bond donors (Lipinski definition) is 0. The van der Waals surface area contributed by atoms with Crippen LogP contribution >= 0.6 is 0 Å². The Morgan fingerprint density at radius 2 is 2.00 bits per heavy atom. The van der Waals surface area contributed by atoms with Crippen LogP contribution in [-0.2, 0) is 16.0 Å². The Morgan fingerprint density at radius 3 is 2.79 bits per heavy atom. The van der Waals surface area contributed by atoms with Gasteiger partial charge in [-0.1, -0.05) is 23.4 Å². The van der Waals surface area contributed by atoms with Gasteiger partial charge in [-0.2, -0.15) is 0 Å². The van der Waals surface area contributed by atoms with E-state index in [1.165, 1.54) is 7.11 Å². The molecule has 0 saturated carbocycles. The highest BCUT2D eigenvalue weighted by molar-refractivity contribution is 5.82. The van der Waals surface area contributed by atoms with E-state index in [0.717, 1.165) is 22.4 Å². The topological polar surface area (TPSA) is 70.8 Å². The fourth-order valence-corrected chi connectivity index (χ4v) is 2.47. The maximum atomic E-state index is 11.5. The van der Waals surface area contributed by atoms with Gasteiger partial charge in [-0.3, -0.25) is 0 Å². The Bertz CT molecular complexity index is 855. The molecular formula is C18H17NO5. The SMILES string of the molecule is COCC(=O)Oc1ccc2c(Cc3ccccc3OC)noc2c1. The lowest BCUT2D eigenvalue weighted by molar-refractivity contribution is -0.138. The quantitative estimate of drug-likeness (QED) is 0.512. The number of nitrogens with zero attached hydrogens (tertiary/aromatic N) is 1. The highest BCUT2D eigenvalue weighted by atomic mass is 16.6. The van der Waals surface area contributed by atoms with E-state index in [1.54, 1.807) is 19.2 Å². The van der Waals surface area contributed by atoms with Crippen molar-refractivity contribution >= 4 is 16.9 Å². The molecule has 1 aromatic heterocycles. The second kappa shape index (κ2) is 7.14. The number of aromatic nitrogens is 1. The molecule has 0 amide bonds. The van der Waals surface area contributed by atoms with E-state index in [-0.39, 0.29) is 6.61 Å². The number of carbonyl (C=O) groups is 1. The number of benzene rings is 2. The van der Waals surface area contributed by atoms with Crippen molar-refractivity contribution in [3.63, 3.8) is 0 Å². The normalized spacial score (nSPS) is 10.8. The standard InChI is InChI=1S/C18H17NO5/c1-21-11-18(20)23-13-7-8-14-15(19-24-17(14)10-13)9-12-5-3-4-6-16(12)22-2/h3-8,10H,9,11H2,1-2H3. The smallest absolute Gasteiger partial charge is 0.337 e. The summed E-state index contributed by atoms with van der Waals surface area (Å²) in [5.41, 5.74) is 2.37. The van der Waals surface area contributed by atoms with Crippen LogP contribution < -0.4 is 9.47 Å². The second-order valence-corrected chi connectivity index (χ2v) is 5.18. The molecule has 6 heteroatoms. The third-order valence-electron chi connectivity index (χ3n) is 3.56. The molecular weight excluding hydrogens is 310 g/mol. The maximum absolute atomic E-state index is 11.5. The van der Waals surface area contributed by atoms with E-state index in [0.29, 0.717) is 17.8 Å². The zero-order chi connectivity index (χ0) is 16.9. The van der Waals surface area contributed by atoms with Crippen molar-refractivity contribution in [2.75, 3.05) is 20.8 Å². The van der Waals surface area contributed by atoms with Gasteiger partial charge in [-0.05, 0) is 18.2 Å². The molecule has 0 fully saturated rings. The van der Waals surface area contributed by atoms with Crippen LogP contribution in [0.15, 0.2) is 47.0 Å². The summed E-state index contributed by atoms with van der Waals surface area (Å²) >= 11 is 0. The van der Waals surface area contributed by atoms with Crippen LogP contribution in [-0.4, -0.2) is 32.0 Å². The van der Waals surface area contributed by atoms with Gasteiger partial charge in [0.15, 0.2) is 5.58 Å². The molecule has 0 aliphatic rings. The molecule has 0 radical (unpaired) electrons. The summed E-state index contributed by atoms with van der Waals surface area (Å²) in [5, 5.41) is 4.99. The first-order chi connectivity index (χ1) is 11.7. The van der Waals surface area contributed by atoms with Crippen LogP contribution in [0.1, 0.15) is 11.3 Å². The van der Waals surface area contributed by atoms with Gasteiger partial charge in [0.25, 0.3) is 0 Å². The summed E-state index contributed by atoms with van der Waals surface area (Å²) < 4.78 is 20.6. The van der Waals surface area contributed by atoms with Crippen molar-refractivity contribution in [3.8, 4) is 11.5 Å². The van der Waals surface area contributed by atoms with Crippen molar-refractivity contribution in [1.82, 2.24) is 5.16 Å². The second-order valence-electron chi connectivity index (χ2n) is 5.18. The molecule has 3 aromatic rings. The lowest BCUT2D eigenvalue weighted by atomic mass is 10.1. The summed E-state index contributed by atoms with van der Waals surface area (Å²) in [6, 6.07) is 12.9. The first-order valence-corrected chi connectivity index (χ1v) is 7.41. The number of methoxy groups -OCH3 is 2. The summed E-state index contributed by atoms with van der Waals surface area (Å²) in [6.45, 7) is -0.104. The van der Waals surface area contributed by atoms with Crippen LogP contribution in [0.5, 0.6) is 11.5 Å². The van der Waals surface area contributed by atoms with Gasteiger partial charge in [-0.25, -0.2) is 4.79 Å². The first-order valence-electron chi connectivity index (χ1n) is 7.41. The molecule has 0 aliphatic carbocycles. The molecule has 0 atom stereocenters. The minimum atomic E-state index is -0.467. The Balaban J connectivity index is 1.84. The summed E-state index contributed by atoms with van der Waals surface area (Å²) in [5.74, 6) is 0.730. The van der Waals surface area contributed by atoms with E-state index in [2.05, 4.69) is 5.16 Å². The number of fused-ring (bicyclic) bond motifs is 1. The highest BCUT2D eigenvalue weighted by Gasteiger charge is 2.13. The number of carbonyl (C=O) groups excluding carboxylic acids is 1. The number of rotatable bonds is 6. The van der Waals surface area contributed by atoms with Gasteiger partial charge in [0.05, 0.1) is 12.8 Å². The number of ether oxygens (including phenoxy) is 3. The van der Waals surface area contributed by atoms with Gasteiger partial charge < -0.3 is 18.7 Å². The average molecular weight is 327 g/mol. The molecule has 0 aliphatic heterocycles. The molecule has 0 N–H and O–H groups in total. The molecule has 1 heterocycles. The molecule has 0 bridgehead atoms. The summed E-state index contributed by atoms with van der Waals surface area (Å²) in [4.78, 5) is 11.5. The molecule has 3 rings (SSSR count). The minimum Gasteiger partial charge on any atom is -0.496 e. The van der Waals surface area contributed by atoms with Gasteiger partial charge in [0.2, 0.25) is 0 Å². The number of esters is 1. The molecule has 2 aromatic carbocycles. The molecule has 0 unspecified atom stereocenters. The Labute approximate surface area is 138 Å². The fraction of sp³-hybridized carbons (Fsp3) is 0.222. The summed E-state index contributed by atoms with van der Waals surface area (Å²) in [7, 11) is 3.07. The average Bonchev–Trinajstić information content (AvgIpc) is 2.98. The van der Waals surface area contributed by atoms with Gasteiger partial charge in [-0.15, -0.1) is 0 Å². The predicted octanol–water partition coefficient (Wildman–Crippen LogP) is 2.98. The van der Waals surface area contributed by atoms with Gasteiger partial charge in [0, 0.05) is 30.5 Å². The van der Waals surface area contributed by atoms with Crippen LogP contribution in [0.2, 0.25) is 0 Å². The number of para-hydroxylation sites is 1.